The number of hydrogen-bond acceptors (Lipinski definition) is 25. The van der Waals surface area contributed by atoms with E-state index in [1.165, 1.54) is 20.8 Å². The van der Waals surface area contributed by atoms with E-state index in [9.17, 15) is 77.6 Å². The number of aliphatic carboxylic acids is 1. The number of aliphatic hydroxyl groups is 2. The number of carbonyl (C=O) groups is 17. The standard InChI is InChI=1S/C81H136N16O26/c1-45(2)42-54-65(106)91-50(32-38-84-71(113)119-77(8,9)10)61(102)90-53(35-41-87-74(116)122-80(17,18)19)64(105)96-58(46(3)98)67(108)82-37-31-49(60(101)89-51(33-39-85-72(114)120-78(11,12)13)63(104)94-55(66(107)93-54)43-48-28-24-23-25-29-48)88-62(103)52(34-40-86-73(115)121-79(14,15)16)92-68(109)59(47(4)99)95-57(100)44-97(75(117)123-81(20,21)22)56(69(110)111)30-26-27-36-83-70(112)118-76(5,6)7/h23-25,28-29,45-47,49-56,58-59,98-99H,26-27,30-44H2,1-22H3,(H,82,108)(H,83,112)(H,84,113)(H,85,114)(H,86,115)(H,87,116)(H,88,103)(H,89,101)(H,90,102)(H,91,106)(H,92,109)(H,93,107)(H,94,104)(H,95,100)(H,96,105)(H,110,111)/t46-,47+,49+,50+,51+,52+,53+,54+,55-,56+,58+,59+/m1/s1. The second-order valence-electron chi connectivity index (χ2n) is 36.1. The monoisotopic (exact) mass is 1750 g/mol. The van der Waals surface area contributed by atoms with Crippen LogP contribution in [0.25, 0.3) is 0 Å². The zero-order valence-corrected chi connectivity index (χ0v) is 75.1. The van der Waals surface area contributed by atoms with E-state index >= 15 is 19.2 Å². The molecule has 1 saturated heterocycles. The fraction of sp³-hybridized carbons (Fsp3) is 0.716. The Bertz CT molecular complexity index is 3730. The maximum atomic E-state index is 15.4. The van der Waals surface area contributed by atoms with E-state index in [0.717, 1.165) is 13.8 Å². The molecule has 1 heterocycles. The second-order valence-corrected chi connectivity index (χ2v) is 36.1. The van der Waals surface area contributed by atoms with Crippen LogP contribution >= 0.6 is 0 Å². The van der Waals surface area contributed by atoms with Crippen LogP contribution in [-0.2, 0) is 87.6 Å². The van der Waals surface area contributed by atoms with Crippen molar-refractivity contribution in [2.45, 2.75) is 323 Å². The molecule has 0 spiro atoms. The fourth-order valence-corrected chi connectivity index (χ4v) is 11.4. The Labute approximate surface area is 719 Å². The molecule has 123 heavy (non-hydrogen) atoms. The molecular formula is C81H136N16O26. The minimum atomic E-state index is -2.07. The summed E-state index contributed by atoms with van der Waals surface area (Å²) in [6.45, 7) is 30.3. The molecule has 0 aromatic heterocycles. The van der Waals surface area contributed by atoms with Crippen LogP contribution in [0.5, 0.6) is 0 Å². The number of carboxylic acids is 1. The van der Waals surface area contributed by atoms with Gasteiger partial charge in [0, 0.05) is 45.7 Å². The van der Waals surface area contributed by atoms with Crippen LogP contribution in [0.15, 0.2) is 30.3 Å². The van der Waals surface area contributed by atoms with Crippen molar-refractivity contribution < 1.29 is 125 Å². The lowest BCUT2D eigenvalue weighted by Gasteiger charge is -2.32. The Hall–Kier alpha value is -11.1. The van der Waals surface area contributed by atoms with Gasteiger partial charge in [0.25, 0.3) is 0 Å². The van der Waals surface area contributed by atoms with Gasteiger partial charge in [0.1, 0.15) is 101 Å². The van der Waals surface area contributed by atoms with Gasteiger partial charge in [0.05, 0.1) is 12.2 Å². The average Bonchev–Trinajstić information content (AvgIpc) is 1.11. The molecule has 16 amide bonds. The highest BCUT2D eigenvalue weighted by Gasteiger charge is 2.41. The number of alkyl carbamates (subject to hydrolysis) is 5. The molecule has 696 valence electrons. The van der Waals surface area contributed by atoms with Crippen molar-refractivity contribution in [3.63, 3.8) is 0 Å². The lowest BCUT2D eigenvalue weighted by atomic mass is 10.00. The minimum Gasteiger partial charge on any atom is -0.480 e. The summed E-state index contributed by atoms with van der Waals surface area (Å²) in [5.74, 6) is -13.7. The Morgan fingerprint density at radius 2 is 0.846 bits per heavy atom. The summed E-state index contributed by atoms with van der Waals surface area (Å²) in [6.07, 6.45) is -12.9. The molecule has 1 aromatic rings. The van der Waals surface area contributed by atoms with Crippen molar-refractivity contribution in [1.82, 2.24) is 84.7 Å². The predicted octanol–water partition coefficient (Wildman–Crippen LogP) is 1.96. The third kappa shape index (κ3) is 46.1. The zero-order chi connectivity index (χ0) is 93.9. The van der Waals surface area contributed by atoms with Gasteiger partial charge >= 0.3 is 42.5 Å². The highest BCUT2D eigenvalue weighted by atomic mass is 16.6. The molecular weight excluding hydrogens is 1610 g/mol. The first-order valence-electron chi connectivity index (χ1n) is 41.1. The number of amides is 16. The molecule has 2 rings (SSSR count). The molecule has 0 bridgehead atoms. The Kier molecular flexibility index (Phi) is 43.8. The first-order valence-corrected chi connectivity index (χ1v) is 41.1. The number of ether oxygens (including phenoxy) is 6. The third-order valence-electron chi connectivity index (χ3n) is 16.9. The number of carbonyl (C=O) groups excluding carboxylic acids is 16. The van der Waals surface area contributed by atoms with E-state index < -0.39 is 279 Å². The van der Waals surface area contributed by atoms with E-state index in [1.807, 2.05) is 0 Å². The molecule has 0 radical (unpaired) electrons. The Morgan fingerprint density at radius 3 is 1.26 bits per heavy atom. The van der Waals surface area contributed by atoms with Crippen molar-refractivity contribution in [1.29, 1.82) is 0 Å². The van der Waals surface area contributed by atoms with Gasteiger partial charge in [-0.25, -0.2) is 33.6 Å². The molecule has 42 nitrogen and oxygen atoms in total. The van der Waals surface area contributed by atoms with Gasteiger partial charge in [-0.3, -0.25) is 52.8 Å². The van der Waals surface area contributed by atoms with Gasteiger partial charge in [-0.2, -0.15) is 0 Å². The van der Waals surface area contributed by atoms with Gasteiger partial charge in [-0.15, -0.1) is 0 Å². The van der Waals surface area contributed by atoms with Crippen molar-refractivity contribution in [2.75, 3.05) is 45.8 Å². The van der Waals surface area contributed by atoms with E-state index in [0.29, 0.717) is 10.5 Å². The highest BCUT2D eigenvalue weighted by Crippen LogP contribution is 2.19. The van der Waals surface area contributed by atoms with E-state index in [2.05, 4.69) is 79.8 Å². The van der Waals surface area contributed by atoms with Crippen LogP contribution in [0.2, 0.25) is 0 Å². The zero-order valence-electron chi connectivity index (χ0n) is 75.1. The van der Waals surface area contributed by atoms with Crippen LogP contribution in [0.3, 0.4) is 0 Å². The van der Waals surface area contributed by atoms with E-state index in [1.54, 1.807) is 148 Å². The topological polar surface area (TPSA) is 590 Å². The smallest absolute Gasteiger partial charge is 0.411 e. The maximum absolute atomic E-state index is 15.4. The van der Waals surface area contributed by atoms with Gasteiger partial charge in [0.15, 0.2) is 0 Å². The molecule has 12 atom stereocenters. The first-order chi connectivity index (χ1) is 56.6. The highest BCUT2D eigenvalue weighted by molar-refractivity contribution is 5.99. The SMILES string of the molecule is CC(C)C[C@@H]1NC(=O)[C@@H](Cc2ccccc2)NC(=O)[C@H](CCNC(=O)OC(C)(C)C)NC(=O)[C@@H](NC(=O)[C@H](CCNC(=O)OC(C)(C)C)NC(=O)[C@@H](NC(=O)CN(C(=O)OC(C)(C)C)[C@@H](CCCCNC(=O)OC(C)(C)C)C(=O)O)[C@H](C)O)CCNC(=O)[C@H]([C@@H](C)O)NC(=O)[C@H](CCNC(=O)OC(C)(C)C)NC(=O)[C@H](CCNC(=O)OC(C)(C)C)NC1=O. The molecule has 1 fully saturated rings. The molecule has 0 aliphatic carbocycles. The number of benzene rings is 1. The van der Waals surface area contributed by atoms with Crippen LogP contribution in [0.4, 0.5) is 28.8 Å². The average molecular weight is 1750 g/mol. The second kappa shape index (κ2) is 49.9. The van der Waals surface area contributed by atoms with E-state index in [-0.39, 0.29) is 45.2 Å². The van der Waals surface area contributed by atoms with Crippen molar-refractivity contribution >= 4 is 102 Å². The molecule has 1 aliphatic rings. The van der Waals surface area contributed by atoms with Crippen molar-refractivity contribution in [2.24, 2.45) is 5.92 Å². The summed E-state index contributed by atoms with van der Waals surface area (Å²) < 4.78 is 32.3. The molecule has 18 N–H and O–H groups in total. The quantitative estimate of drug-likeness (QED) is 0.0362. The normalized spacial score (nSPS) is 19.6. The Balaban J connectivity index is 3.10. The molecule has 1 aliphatic heterocycles. The number of nitrogens with one attached hydrogen (secondary N) is 15. The number of aliphatic hydroxyl groups excluding tert-OH is 2. The summed E-state index contributed by atoms with van der Waals surface area (Å²) in [4.78, 5) is 241. The summed E-state index contributed by atoms with van der Waals surface area (Å²) in [5.41, 5.74) is -5.76. The molecule has 42 heteroatoms. The lowest BCUT2D eigenvalue weighted by molar-refractivity contribution is -0.144. The van der Waals surface area contributed by atoms with Crippen LogP contribution in [-0.4, -0.2) is 274 Å². The van der Waals surface area contributed by atoms with Gasteiger partial charge in [-0.1, -0.05) is 44.2 Å². The Morgan fingerprint density at radius 1 is 0.455 bits per heavy atom. The third-order valence-corrected chi connectivity index (χ3v) is 16.9. The van der Waals surface area contributed by atoms with Gasteiger partial charge in [-0.05, 0) is 208 Å². The van der Waals surface area contributed by atoms with Crippen LogP contribution < -0.4 is 79.8 Å². The van der Waals surface area contributed by atoms with E-state index in [4.69, 9.17) is 28.4 Å². The number of hydrogen-bond donors (Lipinski definition) is 18. The predicted molar refractivity (Wildman–Crippen MR) is 446 cm³/mol. The number of carboxylic acid groups (broad SMARTS) is 1. The molecule has 1 aromatic carbocycles. The summed E-state index contributed by atoms with van der Waals surface area (Å²) in [7, 11) is 0. The molecule has 0 unspecified atom stereocenters. The number of unbranched alkanes of at least 4 members (excludes halogenated alkanes) is 1. The number of rotatable bonds is 32. The minimum absolute atomic E-state index is 0.0183. The van der Waals surface area contributed by atoms with Crippen LogP contribution in [0, 0.1) is 5.92 Å². The largest absolute Gasteiger partial charge is 0.480 e. The fourth-order valence-electron chi connectivity index (χ4n) is 11.4. The van der Waals surface area contributed by atoms with Crippen molar-refractivity contribution in [3.05, 3.63) is 35.9 Å². The van der Waals surface area contributed by atoms with Gasteiger partial charge in [0.2, 0.25) is 59.1 Å². The summed E-state index contributed by atoms with van der Waals surface area (Å²) >= 11 is 0. The first kappa shape index (κ1) is 108. The lowest BCUT2D eigenvalue weighted by Crippen LogP contribution is -2.62. The summed E-state index contributed by atoms with van der Waals surface area (Å²) in [6, 6.07) is -10.1. The van der Waals surface area contributed by atoms with Crippen LogP contribution in [0.1, 0.15) is 216 Å². The maximum Gasteiger partial charge on any atom is 0.411 e. The van der Waals surface area contributed by atoms with Gasteiger partial charge < -0.3 is 123 Å². The number of nitrogens with zero attached hydrogens (tertiary/aromatic N) is 1. The summed E-state index contributed by atoms with van der Waals surface area (Å²) in [5, 5.41) is 70.6. The molecule has 0 saturated carbocycles. The van der Waals surface area contributed by atoms with Crippen molar-refractivity contribution in [3.8, 4) is 0 Å².